The summed E-state index contributed by atoms with van der Waals surface area (Å²) >= 11 is 12.1. The number of nitrogens with one attached hydrogen (secondary N) is 1. The normalized spacial score (nSPS) is 10.8. The third-order valence-corrected chi connectivity index (χ3v) is 4.25. The van der Waals surface area contributed by atoms with Crippen molar-refractivity contribution in [1.29, 1.82) is 0 Å². The lowest BCUT2D eigenvalue weighted by molar-refractivity contribution is -0.123. The highest BCUT2D eigenvalue weighted by molar-refractivity contribution is 6.32. The molecule has 1 amide bonds. The van der Waals surface area contributed by atoms with Crippen molar-refractivity contribution in [2.45, 2.75) is 0 Å². The molecule has 2 aromatic carbocycles. The SMILES string of the molecule is COc1ccc(-c2ccc(/C=N\NC(=O)COc3ccccc3Cl)o2)cc1Cl. The van der Waals surface area contributed by atoms with Gasteiger partial charge >= 0.3 is 0 Å². The molecular weight excluding hydrogens is 403 g/mol. The van der Waals surface area contributed by atoms with Gasteiger partial charge in [0.05, 0.1) is 23.4 Å². The van der Waals surface area contributed by atoms with Crippen LogP contribution in [0.15, 0.2) is 64.1 Å². The number of methoxy groups -OCH3 is 1. The Kier molecular flexibility index (Phi) is 6.57. The fourth-order valence-corrected chi connectivity index (χ4v) is 2.75. The van der Waals surface area contributed by atoms with Crippen molar-refractivity contribution in [3.8, 4) is 22.8 Å². The van der Waals surface area contributed by atoms with Crippen LogP contribution in [0.25, 0.3) is 11.3 Å². The fourth-order valence-electron chi connectivity index (χ4n) is 2.30. The number of nitrogens with zero attached hydrogens (tertiary/aromatic N) is 1. The van der Waals surface area contributed by atoms with Crippen molar-refractivity contribution in [1.82, 2.24) is 5.43 Å². The van der Waals surface area contributed by atoms with Crippen molar-refractivity contribution >= 4 is 35.3 Å². The van der Waals surface area contributed by atoms with E-state index in [0.717, 1.165) is 5.56 Å². The molecule has 8 heteroatoms. The first kappa shape index (κ1) is 19.8. The molecule has 0 aliphatic rings. The Morgan fingerprint density at radius 2 is 1.93 bits per heavy atom. The van der Waals surface area contributed by atoms with E-state index in [1.165, 1.54) is 6.21 Å². The average Bonchev–Trinajstić information content (AvgIpc) is 3.16. The van der Waals surface area contributed by atoms with E-state index in [0.29, 0.717) is 33.1 Å². The number of carbonyl (C=O) groups excluding carboxylic acids is 1. The summed E-state index contributed by atoms with van der Waals surface area (Å²) in [5.74, 6) is 1.66. The smallest absolute Gasteiger partial charge is 0.277 e. The lowest BCUT2D eigenvalue weighted by Crippen LogP contribution is -2.24. The van der Waals surface area contributed by atoms with Crippen molar-refractivity contribution in [2.75, 3.05) is 13.7 Å². The molecule has 0 spiro atoms. The molecule has 0 atom stereocenters. The highest BCUT2D eigenvalue weighted by atomic mass is 35.5. The molecule has 0 unspecified atom stereocenters. The maximum Gasteiger partial charge on any atom is 0.277 e. The summed E-state index contributed by atoms with van der Waals surface area (Å²) in [5, 5.41) is 4.77. The molecule has 0 radical (unpaired) electrons. The highest BCUT2D eigenvalue weighted by Crippen LogP contribution is 2.30. The standard InChI is InChI=1S/C20H16Cl2N2O4/c1-26-18-8-6-13(10-16(18)22)17-9-7-14(28-17)11-23-24-20(25)12-27-19-5-3-2-4-15(19)21/h2-11H,12H2,1H3,(H,24,25)/b23-11-. The number of ether oxygens (including phenoxy) is 2. The molecule has 1 N–H and O–H groups in total. The van der Waals surface area contributed by atoms with Crippen LogP contribution in [0.4, 0.5) is 0 Å². The predicted molar refractivity (Wildman–Crippen MR) is 108 cm³/mol. The molecular formula is C20H16Cl2N2O4. The number of halogens is 2. The summed E-state index contributed by atoms with van der Waals surface area (Å²) in [6.45, 7) is -0.213. The lowest BCUT2D eigenvalue weighted by atomic mass is 10.2. The van der Waals surface area contributed by atoms with E-state index in [1.54, 1.807) is 55.6 Å². The summed E-state index contributed by atoms with van der Waals surface area (Å²) in [7, 11) is 1.55. The van der Waals surface area contributed by atoms with E-state index in [4.69, 9.17) is 37.1 Å². The minimum atomic E-state index is -0.426. The molecule has 144 valence electrons. The molecule has 6 nitrogen and oxygen atoms in total. The Hall–Kier alpha value is -2.96. The molecule has 28 heavy (non-hydrogen) atoms. The van der Waals surface area contributed by atoms with Gasteiger partial charge in [-0.15, -0.1) is 0 Å². The third-order valence-electron chi connectivity index (χ3n) is 3.64. The molecule has 3 aromatic rings. The number of amides is 1. The second-order valence-corrected chi connectivity index (χ2v) is 6.38. The number of hydrogen-bond acceptors (Lipinski definition) is 5. The van der Waals surface area contributed by atoms with Crippen LogP contribution in [0.5, 0.6) is 11.5 Å². The number of carbonyl (C=O) groups is 1. The van der Waals surface area contributed by atoms with E-state index < -0.39 is 5.91 Å². The zero-order valence-electron chi connectivity index (χ0n) is 14.8. The van der Waals surface area contributed by atoms with Crippen LogP contribution >= 0.6 is 23.2 Å². The average molecular weight is 419 g/mol. The maximum absolute atomic E-state index is 11.8. The van der Waals surface area contributed by atoms with E-state index in [-0.39, 0.29) is 6.61 Å². The van der Waals surface area contributed by atoms with Crippen LogP contribution in [-0.4, -0.2) is 25.8 Å². The Balaban J connectivity index is 1.54. The molecule has 0 saturated carbocycles. The minimum Gasteiger partial charge on any atom is -0.495 e. The first-order valence-corrected chi connectivity index (χ1v) is 8.95. The summed E-state index contributed by atoms with van der Waals surface area (Å²) in [6.07, 6.45) is 1.39. The summed E-state index contributed by atoms with van der Waals surface area (Å²) in [4.78, 5) is 11.8. The van der Waals surface area contributed by atoms with Gasteiger partial charge in [0.25, 0.3) is 5.91 Å². The van der Waals surface area contributed by atoms with Crippen LogP contribution in [0, 0.1) is 0 Å². The number of furan rings is 1. The van der Waals surface area contributed by atoms with Crippen LogP contribution in [0.3, 0.4) is 0 Å². The van der Waals surface area contributed by atoms with Gasteiger partial charge in [0.1, 0.15) is 23.0 Å². The molecule has 0 aliphatic carbocycles. The second kappa shape index (κ2) is 9.30. The van der Waals surface area contributed by atoms with E-state index in [9.17, 15) is 4.79 Å². The molecule has 3 rings (SSSR count). The van der Waals surface area contributed by atoms with Gasteiger partial charge in [0.2, 0.25) is 0 Å². The molecule has 0 fully saturated rings. The fraction of sp³-hybridized carbons (Fsp3) is 0.100. The largest absolute Gasteiger partial charge is 0.495 e. The van der Waals surface area contributed by atoms with Crippen molar-refractivity contribution in [3.05, 3.63) is 70.4 Å². The quantitative estimate of drug-likeness (QED) is 0.442. The molecule has 1 aromatic heterocycles. The van der Waals surface area contributed by atoms with E-state index in [2.05, 4.69) is 10.5 Å². The van der Waals surface area contributed by atoms with E-state index >= 15 is 0 Å². The topological polar surface area (TPSA) is 73.1 Å². The van der Waals surface area contributed by atoms with Crippen LogP contribution < -0.4 is 14.9 Å². The number of para-hydroxylation sites is 1. The van der Waals surface area contributed by atoms with Gasteiger partial charge < -0.3 is 13.9 Å². The molecule has 0 saturated heterocycles. The predicted octanol–water partition coefficient (Wildman–Crippen LogP) is 4.79. The monoisotopic (exact) mass is 418 g/mol. The Bertz CT molecular complexity index is 1000. The van der Waals surface area contributed by atoms with Gasteiger partial charge in [-0.2, -0.15) is 5.10 Å². The Labute approximate surface area is 171 Å². The Morgan fingerprint density at radius 3 is 2.68 bits per heavy atom. The van der Waals surface area contributed by atoms with Crippen LogP contribution in [0.2, 0.25) is 10.0 Å². The lowest BCUT2D eigenvalue weighted by Gasteiger charge is -2.06. The first-order valence-electron chi connectivity index (χ1n) is 8.20. The zero-order valence-corrected chi connectivity index (χ0v) is 16.3. The number of rotatable bonds is 7. The van der Waals surface area contributed by atoms with Gasteiger partial charge in [-0.3, -0.25) is 4.79 Å². The number of hydrogen-bond donors (Lipinski definition) is 1. The van der Waals surface area contributed by atoms with Crippen molar-refractivity contribution in [3.63, 3.8) is 0 Å². The molecule has 1 heterocycles. The van der Waals surface area contributed by atoms with Crippen molar-refractivity contribution in [2.24, 2.45) is 5.10 Å². The summed E-state index contributed by atoms with van der Waals surface area (Å²) < 4.78 is 16.1. The maximum atomic E-state index is 11.8. The highest BCUT2D eigenvalue weighted by Gasteiger charge is 2.08. The first-order chi connectivity index (χ1) is 13.6. The van der Waals surface area contributed by atoms with Crippen molar-refractivity contribution < 1.29 is 18.7 Å². The van der Waals surface area contributed by atoms with Gasteiger partial charge in [0, 0.05) is 5.56 Å². The van der Waals surface area contributed by atoms with E-state index in [1.807, 2.05) is 6.07 Å². The molecule has 0 bridgehead atoms. The number of benzene rings is 2. The third kappa shape index (κ3) is 5.06. The zero-order chi connectivity index (χ0) is 19.9. The van der Waals surface area contributed by atoms with Gasteiger partial charge in [-0.1, -0.05) is 35.3 Å². The van der Waals surface area contributed by atoms with Crippen LogP contribution in [0.1, 0.15) is 5.76 Å². The summed E-state index contributed by atoms with van der Waals surface area (Å²) in [5.41, 5.74) is 3.15. The Morgan fingerprint density at radius 1 is 1.11 bits per heavy atom. The van der Waals surface area contributed by atoms with Gasteiger partial charge in [-0.25, -0.2) is 5.43 Å². The summed E-state index contributed by atoms with van der Waals surface area (Å²) in [6, 6.07) is 15.7. The van der Waals surface area contributed by atoms with Gasteiger partial charge in [-0.05, 0) is 42.5 Å². The number of hydrazone groups is 1. The second-order valence-electron chi connectivity index (χ2n) is 5.56. The molecule has 0 aliphatic heterocycles. The minimum absolute atomic E-state index is 0.213. The van der Waals surface area contributed by atoms with Crippen LogP contribution in [-0.2, 0) is 4.79 Å². The van der Waals surface area contributed by atoms with Gasteiger partial charge in [0.15, 0.2) is 6.61 Å².